The van der Waals surface area contributed by atoms with E-state index in [0.29, 0.717) is 6.71 Å². The molecule has 27 heavy (non-hydrogen) atoms. The molecule has 0 spiro atoms. The highest BCUT2D eigenvalue weighted by molar-refractivity contribution is 6.99. The zero-order valence-corrected chi connectivity index (χ0v) is 18.1. The molecule has 0 radical (unpaired) electrons. The van der Waals surface area contributed by atoms with E-state index in [1.165, 1.54) is 38.7 Å². The van der Waals surface area contributed by atoms with Gasteiger partial charge in [-0.05, 0) is 41.2 Å². The van der Waals surface area contributed by atoms with Crippen molar-refractivity contribution in [1.82, 2.24) is 0 Å². The molecule has 0 fully saturated rings. The lowest BCUT2D eigenvalue weighted by Gasteiger charge is -2.25. The van der Waals surface area contributed by atoms with Gasteiger partial charge in [0, 0.05) is 0 Å². The molecule has 0 amide bonds. The van der Waals surface area contributed by atoms with Gasteiger partial charge in [-0.2, -0.15) is 0 Å². The maximum absolute atomic E-state index is 2.33. The number of hydrogen-bond donors (Lipinski definition) is 0. The molecule has 140 valence electrons. The zero-order chi connectivity index (χ0) is 20.0. The van der Waals surface area contributed by atoms with Gasteiger partial charge in [-0.25, -0.2) is 0 Å². The van der Waals surface area contributed by atoms with Crippen LogP contribution in [0.3, 0.4) is 0 Å². The molecule has 2 aliphatic rings. The lowest BCUT2D eigenvalue weighted by atomic mass is 9.35. The lowest BCUT2D eigenvalue weighted by molar-refractivity contribution is 1.17. The van der Waals surface area contributed by atoms with E-state index >= 15 is 0 Å². The summed E-state index contributed by atoms with van der Waals surface area (Å²) in [4.78, 5) is 0. The van der Waals surface area contributed by atoms with Crippen LogP contribution < -0.4 is 16.4 Å². The highest BCUT2D eigenvalue weighted by atomic mass is 14.2. The zero-order valence-electron chi connectivity index (χ0n) is 18.1. The van der Waals surface area contributed by atoms with E-state index in [0.717, 1.165) is 6.42 Å². The van der Waals surface area contributed by atoms with Crippen LogP contribution in [0.4, 0.5) is 0 Å². The average Bonchev–Trinajstić information content (AvgIpc) is 3.10. The fourth-order valence-corrected chi connectivity index (χ4v) is 4.24. The van der Waals surface area contributed by atoms with Crippen LogP contribution in [-0.2, 0) is 6.42 Å². The number of hydrogen-bond acceptors (Lipinski definition) is 0. The summed E-state index contributed by atoms with van der Waals surface area (Å²) in [5.74, 6) is 0. The number of aryl methyl sites for hydroxylation is 1. The van der Waals surface area contributed by atoms with E-state index in [1.807, 2.05) is 41.5 Å². The minimum atomic E-state index is 0.441. The molecule has 2 aliphatic heterocycles. The van der Waals surface area contributed by atoms with Crippen LogP contribution in [0.2, 0.25) is 0 Å². The Bertz CT molecular complexity index is 892. The van der Waals surface area contributed by atoms with Gasteiger partial charge >= 0.3 is 0 Å². The molecule has 0 N–H and O–H groups in total. The van der Waals surface area contributed by atoms with Gasteiger partial charge in [-0.15, -0.1) is 0 Å². The standard InChI is InChI=1S/C20H15B.3C2H6/c1-13-6-4-11-19-17(13)12-14-7-5-9-16-15-8-2-3-10-18(15)21(19)20(14)16;3*1-2/h2-11H,12H2,1H3;3*1-2H3. The fraction of sp³-hybridized carbons (Fsp3) is 0.308. The van der Waals surface area contributed by atoms with Crippen LogP contribution in [0, 0.1) is 6.92 Å². The third-order valence-corrected chi connectivity index (χ3v) is 5.17. The summed E-state index contributed by atoms with van der Waals surface area (Å²) in [5, 5.41) is 0. The second kappa shape index (κ2) is 9.60. The Kier molecular flexibility index (Phi) is 7.48. The Morgan fingerprint density at radius 1 is 0.630 bits per heavy atom. The van der Waals surface area contributed by atoms with Crippen LogP contribution in [-0.4, -0.2) is 6.71 Å². The van der Waals surface area contributed by atoms with Gasteiger partial charge < -0.3 is 0 Å². The Hall–Kier alpha value is -2.28. The first-order valence-corrected chi connectivity index (χ1v) is 10.6. The van der Waals surface area contributed by atoms with Gasteiger partial charge in [-0.3, -0.25) is 0 Å². The number of benzene rings is 3. The summed E-state index contributed by atoms with van der Waals surface area (Å²) in [5.41, 5.74) is 11.9. The van der Waals surface area contributed by atoms with Gasteiger partial charge in [0.25, 0.3) is 0 Å². The van der Waals surface area contributed by atoms with Crippen LogP contribution in [0.1, 0.15) is 58.2 Å². The van der Waals surface area contributed by atoms with E-state index in [1.54, 1.807) is 5.46 Å². The van der Waals surface area contributed by atoms with Crippen molar-refractivity contribution in [2.45, 2.75) is 54.9 Å². The van der Waals surface area contributed by atoms with E-state index in [-0.39, 0.29) is 0 Å². The summed E-state index contributed by atoms with van der Waals surface area (Å²) >= 11 is 0. The molecule has 1 heteroatoms. The largest absolute Gasteiger partial charge is 0.243 e. The first-order chi connectivity index (χ1) is 13.3. The van der Waals surface area contributed by atoms with Crippen LogP contribution in [0.15, 0.2) is 60.7 Å². The molecule has 0 saturated heterocycles. The van der Waals surface area contributed by atoms with Crippen molar-refractivity contribution in [3.8, 4) is 11.1 Å². The maximum Gasteiger partial charge on any atom is 0.243 e. The molecule has 0 aliphatic carbocycles. The minimum Gasteiger partial charge on any atom is -0.0683 e. The quantitative estimate of drug-likeness (QED) is 0.323. The molecule has 3 aromatic carbocycles. The van der Waals surface area contributed by atoms with Crippen molar-refractivity contribution in [1.29, 1.82) is 0 Å². The SMILES string of the molecule is CC.CC.CC.Cc1cccc2c1Cc1cccc3c1B2c1ccccc1-3. The van der Waals surface area contributed by atoms with Crippen molar-refractivity contribution in [3.63, 3.8) is 0 Å². The monoisotopic (exact) mass is 356 g/mol. The molecule has 0 saturated carbocycles. The Morgan fingerprint density at radius 3 is 1.96 bits per heavy atom. The maximum atomic E-state index is 2.33. The van der Waals surface area contributed by atoms with Gasteiger partial charge in [0.05, 0.1) is 0 Å². The molecule has 0 bridgehead atoms. The Labute approximate surface area is 166 Å². The number of fused-ring (bicyclic) bond motifs is 5. The van der Waals surface area contributed by atoms with Crippen molar-refractivity contribution >= 4 is 23.1 Å². The Morgan fingerprint density at radius 2 is 1.22 bits per heavy atom. The fourth-order valence-electron chi connectivity index (χ4n) is 4.24. The van der Waals surface area contributed by atoms with E-state index in [9.17, 15) is 0 Å². The smallest absolute Gasteiger partial charge is 0.0683 e. The topological polar surface area (TPSA) is 0 Å². The molecule has 0 aromatic heterocycles. The second-order valence-electron chi connectivity index (χ2n) is 6.22. The van der Waals surface area contributed by atoms with Gasteiger partial charge in [-0.1, -0.05) is 119 Å². The van der Waals surface area contributed by atoms with Crippen molar-refractivity contribution < 1.29 is 0 Å². The van der Waals surface area contributed by atoms with Crippen LogP contribution in [0.5, 0.6) is 0 Å². The third-order valence-electron chi connectivity index (χ3n) is 5.17. The summed E-state index contributed by atoms with van der Waals surface area (Å²) in [7, 11) is 0. The predicted octanol–water partition coefficient (Wildman–Crippen LogP) is 5.47. The summed E-state index contributed by atoms with van der Waals surface area (Å²) in [6.45, 7) is 14.7. The van der Waals surface area contributed by atoms with Crippen molar-refractivity contribution in [2.24, 2.45) is 0 Å². The summed E-state index contributed by atoms with van der Waals surface area (Å²) in [6, 6.07) is 22.5. The highest BCUT2D eigenvalue weighted by Gasteiger charge is 2.38. The lowest BCUT2D eigenvalue weighted by Crippen LogP contribution is -2.54. The molecular weight excluding hydrogens is 323 g/mol. The molecular formula is C26H33B. The van der Waals surface area contributed by atoms with Gasteiger partial charge in [0.15, 0.2) is 0 Å². The summed E-state index contributed by atoms with van der Waals surface area (Å²) in [6.07, 6.45) is 1.08. The van der Waals surface area contributed by atoms with Crippen LogP contribution in [0.25, 0.3) is 11.1 Å². The van der Waals surface area contributed by atoms with Gasteiger partial charge in [0.2, 0.25) is 6.71 Å². The first kappa shape index (κ1) is 21.0. The van der Waals surface area contributed by atoms with Crippen LogP contribution >= 0.6 is 0 Å². The predicted molar refractivity (Wildman–Crippen MR) is 125 cm³/mol. The van der Waals surface area contributed by atoms with Crippen molar-refractivity contribution in [2.75, 3.05) is 0 Å². The first-order valence-electron chi connectivity index (χ1n) is 10.6. The van der Waals surface area contributed by atoms with E-state index < -0.39 is 0 Å². The van der Waals surface area contributed by atoms with E-state index in [2.05, 4.69) is 67.6 Å². The third kappa shape index (κ3) is 3.48. The van der Waals surface area contributed by atoms with Gasteiger partial charge in [0.1, 0.15) is 0 Å². The average molecular weight is 356 g/mol. The Balaban J connectivity index is 0.000000400. The molecule has 0 unspecified atom stereocenters. The molecule has 0 atom stereocenters. The van der Waals surface area contributed by atoms with E-state index in [4.69, 9.17) is 0 Å². The van der Waals surface area contributed by atoms with Crippen molar-refractivity contribution in [3.05, 3.63) is 77.4 Å². The summed E-state index contributed by atoms with van der Waals surface area (Å²) < 4.78 is 0. The molecule has 3 aromatic rings. The normalized spacial score (nSPS) is 11.3. The number of rotatable bonds is 0. The molecule has 2 heterocycles. The molecule has 5 rings (SSSR count). The molecule has 0 nitrogen and oxygen atoms in total. The highest BCUT2D eigenvalue weighted by Crippen LogP contribution is 2.28. The second-order valence-corrected chi connectivity index (χ2v) is 6.22. The minimum absolute atomic E-state index is 0.441.